The fraction of sp³-hybridized carbons (Fsp3) is 0.111. The zero-order valence-corrected chi connectivity index (χ0v) is 17.0. The van der Waals surface area contributed by atoms with Crippen LogP contribution in [0.25, 0.3) is 11.1 Å². The molecular formula is C27H23N3O. The molecule has 1 fully saturated rings. The summed E-state index contributed by atoms with van der Waals surface area (Å²) in [6.45, 7) is 0. The first kappa shape index (κ1) is 19.1. The Morgan fingerprint density at radius 2 is 1.65 bits per heavy atom. The highest BCUT2D eigenvalue weighted by molar-refractivity contribution is 5.95. The number of amides is 1. The molecule has 1 aliphatic carbocycles. The van der Waals surface area contributed by atoms with Crippen LogP contribution in [0.5, 0.6) is 0 Å². The second kappa shape index (κ2) is 8.44. The number of nitrogens with one attached hydrogen (secondary N) is 2. The molecule has 2 N–H and O–H groups in total. The average molecular weight is 406 g/mol. The molecule has 0 saturated heterocycles. The molecule has 1 aliphatic rings. The standard InChI is InChI=1S/C27H23N3O/c31-27(30-26-17-25(26)20-6-2-1-3-7-20)21-8-4-10-24(16-21)29-23-13-11-19(12-14-23)22-9-5-15-28-18-22/h1-16,18,25-26,29H,17H2,(H,30,31)/t25-,26+/m0/s1. The predicted octanol–water partition coefficient (Wildman–Crippen LogP) is 5.78. The molecule has 3 aromatic carbocycles. The minimum absolute atomic E-state index is 0.0287. The fourth-order valence-corrected chi connectivity index (χ4v) is 3.86. The highest BCUT2D eigenvalue weighted by atomic mass is 16.1. The van der Waals surface area contributed by atoms with Gasteiger partial charge >= 0.3 is 0 Å². The number of carbonyl (C=O) groups excluding carboxylic acids is 1. The molecular weight excluding hydrogens is 382 g/mol. The number of rotatable bonds is 6. The molecule has 4 aromatic rings. The summed E-state index contributed by atoms with van der Waals surface area (Å²) < 4.78 is 0. The molecule has 4 nitrogen and oxygen atoms in total. The van der Waals surface area contributed by atoms with Gasteiger partial charge in [-0.2, -0.15) is 0 Å². The van der Waals surface area contributed by atoms with Gasteiger partial charge in [-0.25, -0.2) is 0 Å². The molecule has 4 heteroatoms. The Hall–Kier alpha value is -3.92. The van der Waals surface area contributed by atoms with Crippen molar-refractivity contribution in [3.8, 4) is 11.1 Å². The van der Waals surface area contributed by atoms with Gasteiger partial charge in [-0.3, -0.25) is 9.78 Å². The maximum absolute atomic E-state index is 12.7. The molecule has 1 saturated carbocycles. The van der Waals surface area contributed by atoms with E-state index in [0.717, 1.165) is 28.9 Å². The lowest BCUT2D eigenvalue weighted by Gasteiger charge is -2.10. The van der Waals surface area contributed by atoms with Crippen molar-refractivity contribution >= 4 is 17.3 Å². The van der Waals surface area contributed by atoms with E-state index in [1.807, 2.05) is 72.9 Å². The SMILES string of the molecule is O=C(N[C@@H]1C[C@H]1c1ccccc1)c1cccc(Nc2ccc(-c3cccnc3)cc2)c1. The van der Waals surface area contributed by atoms with Crippen LogP contribution in [0.2, 0.25) is 0 Å². The zero-order chi connectivity index (χ0) is 21.0. The van der Waals surface area contributed by atoms with E-state index in [4.69, 9.17) is 0 Å². The van der Waals surface area contributed by atoms with E-state index in [2.05, 4.69) is 39.9 Å². The van der Waals surface area contributed by atoms with Gasteiger partial charge in [-0.05, 0) is 59.5 Å². The molecule has 1 aromatic heterocycles. The Labute approximate surface area is 182 Å². The maximum Gasteiger partial charge on any atom is 0.251 e. The molecule has 0 radical (unpaired) electrons. The van der Waals surface area contributed by atoms with Crippen LogP contribution in [0.1, 0.15) is 28.3 Å². The van der Waals surface area contributed by atoms with Crippen LogP contribution >= 0.6 is 0 Å². The summed E-state index contributed by atoms with van der Waals surface area (Å²) in [7, 11) is 0. The summed E-state index contributed by atoms with van der Waals surface area (Å²) in [5.74, 6) is 0.392. The van der Waals surface area contributed by atoms with Crippen LogP contribution in [0.3, 0.4) is 0 Å². The Morgan fingerprint density at radius 3 is 2.42 bits per heavy atom. The van der Waals surface area contributed by atoms with Crippen molar-refractivity contribution in [3.63, 3.8) is 0 Å². The van der Waals surface area contributed by atoms with E-state index in [-0.39, 0.29) is 11.9 Å². The van der Waals surface area contributed by atoms with Crippen LogP contribution in [-0.2, 0) is 0 Å². The average Bonchev–Trinajstić information content (AvgIpc) is 3.60. The topological polar surface area (TPSA) is 54.0 Å². The molecule has 0 spiro atoms. The molecule has 1 heterocycles. The van der Waals surface area contributed by atoms with Gasteiger partial charge in [0.15, 0.2) is 0 Å². The molecule has 0 bridgehead atoms. The van der Waals surface area contributed by atoms with E-state index < -0.39 is 0 Å². The van der Waals surface area contributed by atoms with Crippen LogP contribution in [0.4, 0.5) is 11.4 Å². The van der Waals surface area contributed by atoms with E-state index in [1.165, 1.54) is 5.56 Å². The molecule has 0 aliphatic heterocycles. The summed E-state index contributed by atoms with van der Waals surface area (Å²) in [6, 6.07) is 30.4. The van der Waals surface area contributed by atoms with Gasteiger partial charge < -0.3 is 10.6 Å². The molecule has 5 rings (SSSR count). The first-order valence-electron chi connectivity index (χ1n) is 10.5. The van der Waals surface area contributed by atoms with Crippen LogP contribution in [0, 0.1) is 0 Å². The summed E-state index contributed by atoms with van der Waals surface area (Å²) in [4.78, 5) is 16.9. The summed E-state index contributed by atoms with van der Waals surface area (Å²) in [5, 5.41) is 6.55. The highest BCUT2D eigenvalue weighted by Gasteiger charge is 2.39. The maximum atomic E-state index is 12.7. The smallest absolute Gasteiger partial charge is 0.251 e. The van der Waals surface area contributed by atoms with Gasteiger partial charge in [0, 0.05) is 41.3 Å². The number of aromatic nitrogens is 1. The monoisotopic (exact) mass is 405 g/mol. The first-order chi connectivity index (χ1) is 15.3. The summed E-state index contributed by atoms with van der Waals surface area (Å²) in [5.41, 5.74) is 6.01. The normalized spacial score (nSPS) is 17.0. The third-order valence-corrected chi connectivity index (χ3v) is 5.63. The van der Waals surface area contributed by atoms with Gasteiger partial charge in [-0.15, -0.1) is 0 Å². The Balaban J connectivity index is 1.23. The van der Waals surface area contributed by atoms with Crippen molar-refractivity contribution < 1.29 is 4.79 Å². The second-order valence-electron chi connectivity index (χ2n) is 7.86. The second-order valence-corrected chi connectivity index (χ2v) is 7.86. The number of carbonyl (C=O) groups is 1. The minimum Gasteiger partial charge on any atom is -0.356 e. The third kappa shape index (κ3) is 4.48. The van der Waals surface area contributed by atoms with E-state index in [1.54, 1.807) is 6.20 Å². The minimum atomic E-state index is -0.0287. The molecule has 1 amide bonds. The number of hydrogen-bond acceptors (Lipinski definition) is 3. The number of benzene rings is 3. The van der Waals surface area contributed by atoms with Crippen molar-refractivity contribution in [1.82, 2.24) is 10.3 Å². The quantitative estimate of drug-likeness (QED) is 0.428. The van der Waals surface area contributed by atoms with E-state index >= 15 is 0 Å². The Bertz CT molecular complexity index is 1170. The van der Waals surface area contributed by atoms with Crippen molar-refractivity contribution in [3.05, 3.63) is 115 Å². The molecule has 0 unspecified atom stereocenters. The summed E-state index contributed by atoms with van der Waals surface area (Å²) >= 11 is 0. The molecule has 152 valence electrons. The number of hydrogen-bond donors (Lipinski definition) is 2. The van der Waals surface area contributed by atoms with Crippen LogP contribution < -0.4 is 10.6 Å². The lowest BCUT2D eigenvalue weighted by molar-refractivity contribution is 0.0950. The van der Waals surface area contributed by atoms with Crippen LogP contribution in [-0.4, -0.2) is 16.9 Å². The highest BCUT2D eigenvalue weighted by Crippen LogP contribution is 2.40. The third-order valence-electron chi connectivity index (χ3n) is 5.63. The Morgan fingerprint density at radius 1 is 0.806 bits per heavy atom. The number of anilines is 2. The van der Waals surface area contributed by atoms with Crippen LogP contribution in [0.15, 0.2) is 103 Å². The van der Waals surface area contributed by atoms with Crippen molar-refractivity contribution in [2.24, 2.45) is 0 Å². The molecule has 2 atom stereocenters. The van der Waals surface area contributed by atoms with Gasteiger partial charge in [-0.1, -0.05) is 54.6 Å². The fourth-order valence-electron chi connectivity index (χ4n) is 3.86. The van der Waals surface area contributed by atoms with Crippen molar-refractivity contribution in [2.45, 2.75) is 18.4 Å². The van der Waals surface area contributed by atoms with Crippen molar-refractivity contribution in [1.29, 1.82) is 0 Å². The van der Waals surface area contributed by atoms with Gasteiger partial charge in [0.05, 0.1) is 0 Å². The summed E-state index contributed by atoms with van der Waals surface area (Å²) in [6.07, 6.45) is 4.62. The number of nitrogens with zero attached hydrogens (tertiary/aromatic N) is 1. The zero-order valence-electron chi connectivity index (χ0n) is 17.0. The lowest BCUT2D eigenvalue weighted by atomic mass is 10.1. The van der Waals surface area contributed by atoms with Crippen molar-refractivity contribution in [2.75, 3.05) is 5.32 Å². The van der Waals surface area contributed by atoms with Gasteiger partial charge in [0.25, 0.3) is 5.91 Å². The lowest BCUT2D eigenvalue weighted by Crippen LogP contribution is -2.26. The van der Waals surface area contributed by atoms with Gasteiger partial charge in [0.2, 0.25) is 0 Å². The Kier molecular flexibility index (Phi) is 5.19. The van der Waals surface area contributed by atoms with Gasteiger partial charge in [0.1, 0.15) is 0 Å². The first-order valence-corrected chi connectivity index (χ1v) is 10.5. The number of pyridine rings is 1. The molecule has 31 heavy (non-hydrogen) atoms. The van der Waals surface area contributed by atoms with E-state index in [9.17, 15) is 4.79 Å². The van der Waals surface area contributed by atoms with E-state index in [0.29, 0.717) is 11.5 Å². The predicted molar refractivity (Wildman–Crippen MR) is 124 cm³/mol. The largest absolute Gasteiger partial charge is 0.356 e.